The molecule has 0 spiro atoms. The maximum atomic E-state index is 12.6. The van der Waals surface area contributed by atoms with Crippen LogP contribution in [0, 0.1) is 13.8 Å². The average Bonchev–Trinajstić information content (AvgIpc) is 2.60. The zero-order chi connectivity index (χ0) is 17.9. The standard InChI is InChI=1S/C19H24N2O2S2/c1-15-10-16(2)12-17(11-15)14-24-19-7-6-18(13-20-19)25(22,23)21-8-4-3-5-9-21/h6-7,10-13H,3-5,8-9,14H2,1-2H3. The van der Waals surface area contributed by atoms with Gasteiger partial charge in [0.05, 0.1) is 5.03 Å². The Labute approximate surface area is 154 Å². The zero-order valence-corrected chi connectivity index (χ0v) is 16.4. The summed E-state index contributed by atoms with van der Waals surface area (Å²) in [6.45, 7) is 5.43. The lowest BCUT2D eigenvalue weighted by molar-refractivity contribution is 0.346. The first kappa shape index (κ1) is 18.4. The van der Waals surface area contributed by atoms with Crippen LogP contribution in [0.3, 0.4) is 0 Å². The van der Waals surface area contributed by atoms with Crippen LogP contribution < -0.4 is 0 Å². The molecule has 0 radical (unpaired) electrons. The maximum Gasteiger partial charge on any atom is 0.244 e. The van der Waals surface area contributed by atoms with Crippen LogP contribution in [-0.4, -0.2) is 30.8 Å². The summed E-state index contributed by atoms with van der Waals surface area (Å²) >= 11 is 1.63. The van der Waals surface area contributed by atoms with Gasteiger partial charge in [-0.15, -0.1) is 11.8 Å². The van der Waals surface area contributed by atoms with Crippen molar-refractivity contribution in [1.82, 2.24) is 9.29 Å². The summed E-state index contributed by atoms with van der Waals surface area (Å²) in [5.41, 5.74) is 3.77. The Morgan fingerprint density at radius 3 is 2.32 bits per heavy atom. The van der Waals surface area contributed by atoms with Crippen LogP contribution in [0.4, 0.5) is 0 Å². The van der Waals surface area contributed by atoms with Crippen LogP contribution in [0.15, 0.2) is 46.5 Å². The normalized spacial score (nSPS) is 16.1. The van der Waals surface area contributed by atoms with Crippen LogP contribution >= 0.6 is 11.8 Å². The first-order valence-corrected chi connectivity index (χ1v) is 11.0. The SMILES string of the molecule is Cc1cc(C)cc(CSc2ccc(S(=O)(=O)N3CCCCC3)cn2)c1. The van der Waals surface area contributed by atoms with E-state index in [1.165, 1.54) is 22.9 Å². The molecule has 1 aromatic carbocycles. The van der Waals surface area contributed by atoms with Crippen LogP contribution in [0.2, 0.25) is 0 Å². The summed E-state index contributed by atoms with van der Waals surface area (Å²) in [7, 11) is -3.40. The molecule has 6 heteroatoms. The Morgan fingerprint density at radius 2 is 1.72 bits per heavy atom. The van der Waals surface area contributed by atoms with Crippen LogP contribution in [-0.2, 0) is 15.8 Å². The summed E-state index contributed by atoms with van der Waals surface area (Å²) < 4.78 is 26.8. The van der Waals surface area contributed by atoms with Crippen molar-refractivity contribution >= 4 is 21.8 Å². The van der Waals surface area contributed by atoms with Gasteiger partial charge < -0.3 is 0 Å². The van der Waals surface area contributed by atoms with Crippen LogP contribution in [0.25, 0.3) is 0 Å². The third-order valence-corrected chi connectivity index (χ3v) is 7.23. The molecule has 1 aliphatic rings. The number of hydrogen-bond donors (Lipinski definition) is 0. The molecule has 0 atom stereocenters. The minimum atomic E-state index is -3.40. The van der Waals surface area contributed by atoms with Gasteiger partial charge in [-0.3, -0.25) is 0 Å². The molecule has 1 aliphatic heterocycles. The predicted molar refractivity (Wildman–Crippen MR) is 102 cm³/mol. The highest BCUT2D eigenvalue weighted by Gasteiger charge is 2.26. The number of sulfonamides is 1. The number of piperidine rings is 1. The maximum absolute atomic E-state index is 12.6. The first-order chi connectivity index (χ1) is 11.9. The lowest BCUT2D eigenvalue weighted by Crippen LogP contribution is -2.35. The molecule has 2 heterocycles. The molecule has 25 heavy (non-hydrogen) atoms. The van der Waals surface area contributed by atoms with E-state index >= 15 is 0 Å². The highest BCUT2D eigenvalue weighted by molar-refractivity contribution is 7.98. The van der Waals surface area contributed by atoms with Gasteiger partial charge in [-0.25, -0.2) is 13.4 Å². The van der Waals surface area contributed by atoms with Crippen LogP contribution in [0.1, 0.15) is 36.0 Å². The molecule has 0 amide bonds. The van der Waals surface area contributed by atoms with Gasteiger partial charge in [0.2, 0.25) is 10.0 Å². The van der Waals surface area contributed by atoms with Crippen molar-refractivity contribution in [1.29, 1.82) is 0 Å². The second kappa shape index (κ2) is 7.89. The molecular formula is C19H24N2O2S2. The van der Waals surface area contributed by atoms with Gasteiger partial charge in [0.15, 0.2) is 0 Å². The molecule has 0 bridgehead atoms. The molecular weight excluding hydrogens is 352 g/mol. The fourth-order valence-corrected chi connectivity index (χ4v) is 5.40. The van der Waals surface area contributed by atoms with Gasteiger partial charge in [0.25, 0.3) is 0 Å². The summed E-state index contributed by atoms with van der Waals surface area (Å²) in [6, 6.07) is 10.0. The molecule has 0 unspecified atom stereocenters. The highest BCUT2D eigenvalue weighted by atomic mass is 32.2. The van der Waals surface area contributed by atoms with Crippen molar-refractivity contribution in [2.75, 3.05) is 13.1 Å². The molecule has 1 fully saturated rings. The van der Waals surface area contributed by atoms with E-state index in [9.17, 15) is 8.42 Å². The molecule has 1 saturated heterocycles. The molecule has 134 valence electrons. The number of pyridine rings is 1. The van der Waals surface area contributed by atoms with Gasteiger partial charge in [-0.1, -0.05) is 35.7 Å². The lowest BCUT2D eigenvalue weighted by atomic mass is 10.1. The lowest BCUT2D eigenvalue weighted by Gasteiger charge is -2.25. The summed E-state index contributed by atoms with van der Waals surface area (Å²) in [5, 5.41) is 0.844. The molecule has 1 aromatic heterocycles. The van der Waals surface area contributed by atoms with Crippen molar-refractivity contribution in [3.63, 3.8) is 0 Å². The van der Waals surface area contributed by atoms with Crippen molar-refractivity contribution in [3.8, 4) is 0 Å². The van der Waals surface area contributed by atoms with E-state index in [0.29, 0.717) is 18.0 Å². The number of aryl methyl sites for hydroxylation is 2. The predicted octanol–water partition coefficient (Wildman–Crippen LogP) is 4.17. The average molecular weight is 377 g/mol. The monoisotopic (exact) mass is 376 g/mol. The van der Waals surface area contributed by atoms with Crippen molar-refractivity contribution < 1.29 is 8.42 Å². The van der Waals surface area contributed by atoms with Gasteiger partial charge in [0.1, 0.15) is 4.90 Å². The smallest absolute Gasteiger partial charge is 0.244 e. The second-order valence-corrected chi connectivity index (χ2v) is 9.52. The largest absolute Gasteiger partial charge is 0.249 e. The Balaban J connectivity index is 1.67. The highest BCUT2D eigenvalue weighted by Crippen LogP contribution is 2.25. The van der Waals surface area contributed by atoms with E-state index in [2.05, 4.69) is 37.0 Å². The fraction of sp³-hybridized carbons (Fsp3) is 0.421. The number of hydrogen-bond acceptors (Lipinski definition) is 4. The quantitative estimate of drug-likeness (QED) is 0.735. The minimum absolute atomic E-state index is 0.296. The van der Waals surface area contributed by atoms with Crippen molar-refractivity contribution in [2.45, 2.75) is 48.8 Å². The molecule has 2 aromatic rings. The zero-order valence-electron chi connectivity index (χ0n) is 14.7. The summed E-state index contributed by atoms with van der Waals surface area (Å²) in [5.74, 6) is 0.827. The number of thioether (sulfide) groups is 1. The summed E-state index contributed by atoms with van der Waals surface area (Å²) in [4.78, 5) is 4.65. The van der Waals surface area contributed by atoms with E-state index in [1.54, 1.807) is 22.1 Å². The van der Waals surface area contributed by atoms with Crippen molar-refractivity contribution in [3.05, 3.63) is 53.2 Å². The van der Waals surface area contributed by atoms with Crippen LogP contribution in [0.5, 0.6) is 0 Å². The Morgan fingerprint density at radius 1 is 1.04 bits per heavy atom. The first-order valence-electron chi connectivity index (χ1n) is 8.61. The van der Waals surface area contributed by atoms with Gasteiger partial charge >= 0.3 is 0 Å². The van der Waals surface area contributed by atoms with E-state index < -0.39 is 10.0 Å². The summed E-state index contributed by atoms with van der Waals surface area (Å²) in [6.07, 6.45) is 4.49. The third kappa shape index (κ3) is 4.63. The van der Waals surface area contributed by atoms with E-state index in [-0.39, 0.29) is 0 Å². The Hall–Kier alpha value is -1.37. The van der Waals surface area contributed by atoms with Gasteiger partial charge in [-0.2, -0.15) is 4.31 Å². The minimum Gasteiger partial charge on any atom is -0.249 e. The van der Waals surface area contributed by atoms with Crippen molar-refractivity contribution in [2.24, 2.45) is 0 Å². The molecule has 4 nitrogen and oxygen atoms in total. The van der Waals surface area contributed by atoms with E-state index in [1.807, 2.05) is 6.07 Å². The van der Waals surface area contributed by atoms with Gasteiger partial charge in [0, 0.05) is 25.0 Å². The van der Waals surface area contributed by atoms with E-state index in [4.69, 9.17) is 0 Å². The van der Waals surface area contributed by atoms with E-state index in [0.717, 1.165) is 30.0 Å². The second-order valence-electron chi connectivity index (χ2n) is 6.58. The molecule has 0 saturated carbocycles. The third-order valence-electron chi connectivity index (χ3n) is 4.33. The molecule has 0 aliphatic carbocycles. The Bertz CT molecular complexity index is 807. The molecule has 3 rings (SSSR count). The fourth-order valence-electron chi connectivity index (χ4n) is 3.17. The number of benzene rings is 1. The topological polar surface area (TPSA) is 50.3 Å². The number of aromatic nitrogens is 1. The van der Waals surface area contributed by atoms with Gasteiger partial charge in [-0.05, 0) is 44.4 Å². The number of rotatable bonds is 5. The molecule has 0 N–H and O–H groups in total. The Kier molecular flexibility index (Phi) is 5.81. The number of nitrogens with zero attached hydrogens (tertiary/aromatic N) is 2.